The Kier molecular flexibility index (Phi) is 0.942. The van der Waals surface area contributed by atoms with Crippen LogP contribution in [-0.2, 0) is 0 Å². The zero-order valence-electron chi connectivity index (χ0n) is 3.57. The number of hydrogen-bond acceptors (Lipinski definition) is 2. The van der Waals surface area contributed by atoms with E-state index in [0.717, 1.165) is 0 Å². The minimum Gasteiger partial charge on any atom is -0.284 e. The van der Waals surface area contributed by atoms with Crippen molar-refractivity contribution >= 4 is 11.6 Å². The summed E-state index contributed by atoms with van der Waals surface area (Å²) in [7, 11) is 0. The van der Waals surface area contributed by atoms with Crippen molar-refractivity contribution in [2.24, 2.45) is 0 Å². The number of rotatable bonds is 0. The first-order valence-electron chi connectivity index (χ1n) is 1.79. The van der Waals surface area contributed by atoms with Gasteiger partial charge in [0.15, 0.2) is 5.82 Å². The Hall–Kier alpha value is -0.700. The summed E-state index contributed by atoms with van der Waals surface area (Å²) in [5, 5.41) is -0.574. The Bertz CT molecular complexity index is 254. The molecule has 0 spiro atoms. The second kappa shape index (κ2) is 1.39. The number of halogens is 2. The van der Waals surface area contributed by atoms with E-state index in [1.165, 1.54) is 0 Å². The van der Waals surface area contributed by atoms with Gasteiger partial charge in [-0.05, 0) is 0 Å². The highest BCUT2D eigenvalue weighted by atomic mass is 35.5. The SMILES string of the molecule is O=c1c(F)c(Cl)c1=O. The van der Waals surface area contributed by atoms with E-state index in [2.05, 4.69) is 0 Å². The van der Waals surface area contributed by atoms with Crippen molar-refractivity contribution < 1.29 is 4.39 Å². The van der Waals surface area contributed by atoms with Crippen LogP contribution >= 0.6 is 11.6 Å². The van der Waals surface area contributed by atoms with Crippen LogP contribution in [0.25, 0.3) is 0 Å². The molecule has 0 saturated carbocycles. The molecule has 1 aromatic rings. The molecule has 0 aromatic heterocycles. The van der Waals surface area contributed by atoms with Crippen LogP contribution in [-0.4, -0.2) is 0 Å². The monoisotopic (exact) mass is 134 g/mol. The number of hydrogen-bond donors (Lipinski definition) is 0. The average molecular weight is 134 g/mol. The second-order valence-corrected chi connectivity index (χ2v) is 1.66. The second-order valence-electron chi connectivity index (χ2n) is 1.29. The Balaban J connectivity index is 3.48. The van der Waals surface area contributed by atoms with Crippen molar-refractivity contribution in [1.29, 1.82) is 0 Å². The third-order valence-corrected chi connectivity index (χ3v) is 1.14. The van der Waals surface area contributed by atoms with Crippen LogP contribution in [0.15, 0.2) is 9.59 Å². The van der Waals surface area contributed by atoms with Gasteiger partial charge in [0.25, 0.3) is 10.9 Å². The van der Waals surface area contributed by atoms with E-state index < -0.39 is 21.7 Å². The Morgan fingerprint density at radius 1 is 1.25 bits per heavy atom. The molecule has 1 rings (SSSR count). The summed E-state index contributed by atoms with van der Waals surface area (Å²) in [5.41, 5.74) is -2.04. The van der Waals surface area contributed by atoms with E-state index in [4.69, 9.17) is 11.6 Å². The van der Waals surface area contributed by atoms with Crippen LogP contribution in [0.1, 0.15) is 0 Å². The highest BCUT2D eigenvalue weighted by Crippen LogP contribution is 2.03. The van der Waals surface area contributed by atoms with E-state index in [1.54, 1.807) is 0 Å². The van der Waals surface area contributed by atoms with Gasteiger partial charge in [-0.25, -0.2) is 4.39 Å². The zero-order valence-corrected chi connectivity index (χ0v) is 4.33. The summed E-state index contributed by atoms with van der Waals surface area (Å²) in [6.45, 7) is 0. The van der Waals surface area contributed by atoms with Gasteiger partial charge in [-0.2, -0.15) is 0 Å². The average Bonchev–Trinajstić information content (AvgIpc) is 1.83. The highest BCUT2D eigenvalue weighted by Gasteiger charge is 2.17. The fourth-order valence-electron chi connectivity index (χ4n) is 0.336. The van der Waals surface area contributed by atoms with Crippen molar-refractivity contribution in [2.45, 2.75) is 0 Å². The fraction of sp³-hybridized carbons (Fsp3) is 0. The molecule has 1 aromatic carbocycles. The molecule has 0 bridgehead atoms. The normalized spacial score (nSPS) is 10.2. The van der Waals surface area contributed by atoms with E-state index in [0.29, 0.717) is 0 Å². The minimum atomic E-state index is -1.12. The van der Waals surface area contributed by atoms with E-state index >= 15 is 0 Å². The summed E-state index contributed by atoms with van der Waals surface area (Å²) in [6, 6.07) is 0. The van der Waals surface area contributed by atoms with Crippen LogP contribution < -0.4 is 10.9 Å². The van der Waals surface area contributed by atoms with Gasteiger partial charge in [-0.15, -0.1) is 0 Å². The molecule has 42 valence electrons. The highest BCUT2D eigenvalue weighted by molar-refractivity contribution is 6.31. The predicted molar refractivity (Wildman–Crippen MR) is 26.3 cm³/mol. The van der Waals surface area contributed by atoms with Gasteiger partial charge in [-0.3, -0.25) is 9.59 Å². The van der Waals surface area contributed by atoms with Crippen molar-refractivity contribution in [2.75, 3.05) is 0 Å². The predicted octanol–water partition coefficient (Wildman–Crippen LogP) is 0.0751. The maximum atomic E-state index is 11.7. The lowest BCUT2D eigenvalue weighted by Gasteiger charge is -1.88. The van der Waals surface area contributed by atoms with E-state index in [9.17, 15) is 14.0 Å². The van der Waals surface area contributed by atoms with Crippen molar-refractivity contribution in [1.82, 2.24) is 0 Å². The molecular formula is C4ClFO2. The van der Waals surface area contributed by atoms with Crippen LogP contribution in [0.5, 0.6) is 0 Å². The summed E-state index contributed by atoms with van der Waals surface area (Å²) >= 11 is 4.88. The van der Waals surface area contributed by atoms with Crippen LogP contribution in [0.2, 0.25) is 5.02 Å². The maximum absolute atomic E-state index is 11.7. The molecule has 0 unspecified atom stereocenters. The van der Waals surface area contributed by atoms with Gasteiger partial charge in [0.1, 0.15) is 5.02 Å². The molecule has 0 aliphatic rings. The van der Waals surface area contributed by atoms with Gasteiger partial charge >= 0.3 is 0 Å². The Labute approximate surface area is 48.2 Å². The molecule has 0 heterocycles. The quantitative estimate of drug-likeness (QED) is 0.471. The molecule has 2 nitrogen and oxygen atoms in total. The van der Waals surface area contributed by atoms with Crippen LogP contribution in [0.3, 0.4) is 0 Å². The lowest BCUT2D eigenvalue weighted by atomic mass is 10.3. The molecule has 0 fully saturated rings. The summed E-state index contributed by atoms with van der Waals surface area (Å²) in [6.07, 6.45) is 0. The molecule has 0 radical (unpaired) electrons. The van der Waals surface area contributed by atoms with Crippen molar-refractivity contribution in [3.63, 3.8) is 0 Å². The van der Waals surface area contributed by atoms with Gasteiger partial charge in [0.05, 0.1) is 0 Å². The molecule has 0 amide bonds. The van der Waals surface area contributed by atoms with Gasteiger partial charge < -0.3 is 0 Å². The lowest BCUT2D eigenvalue weighted by Crippen LogP contribution is -2.34. The van der Waals surface area contributed by atoms with E-state index in [1.807, 2.05) is 0 Å². The van der Waals surface area contributed by atoms with Crippen LogP contribution in [0.4, 0.5) is 4.39 Å². The minimum absolute atomic E-state index is 0.574. The molecule has 0 aliphatic carbocycles. The zero-order chi connectivity index (χ0) is 6.31. The molecule has 0 saturated heterocycles. The summed E-state index contributed by atoms with van der Waals surface area (Å²) < 4.78 is 11.7. The first-order chi connectivity index (χ1) is 3.64. The molecular weight excluding hydrogens is 134 g/mol. The van der Waals surface area contributed by atoms with Gasteiger partial charge in [0, 0.05) is 0 Å². The largest absolute Gasteiger partial charge is 0.284 e. The lowest BCUT2D eigenvalue weighted by molar-refractivity contribution is 0.603. The topological polar surface area (TPSA) is 34.1 Å². The van der Waals surface area contributed by atoms with Crippen molar-refractivity contribution in [3.8, 4) is 0 Å². The maximum Gasteiger partial charge on any atom is 0.264 e. The first-order valence-corrected chi connectivity index (χ1v) is 2.16. The first kappa shape index (κ1) is 5.44. The smallest absolute Gasteiger partial charge is 0.264 e. The Morgan fingerprint density at radius 2 is 1.75 bits per heavy atom. The third kappa shape index (κ3) is 0.419. The van der Waals surface area contributed by atoms with Crippen LogP contribution in [0, 0.1) is 5.82 Å². The van der Waals surface area contributed by atoms with E-state index in [-0.39, 0.29) is 0 Å². The molecule has 4 heteroatoms. The molecule has 0 atom stereocenters. The summed E-state index contributed by atoms with van der Waals surface area (Å²) in [5.74, 6) is -1.11. The summed E-state index contributed by atoms with van der Waals surface area (Å²) in [4.78, 5) is 19.9. The standard InChI is InChI=1S/C4ClFO2/c5-1-2(6)4(8)3(1)7. The molecule has 8 heavy (non-hydrogen) atoms. The third-order valence-electron chi connectivity index (χ3n) is 0.798. The fourth-order valence-corrected chi connectivity index (χ4v) is 0.508. The van der Waals surface area contributed by atoms with Gasteiger partial charge in [0.2, 0.25) is 0 Å². The molecule has 0 N–H and O–H groups in total. The molecule has 0 aliphatic heterocycles. The Morgan fingerprint density at radius 3 is 1.88 bits per heavy atom. The van der Waals surface area contributed by atoms with Crippen molar-refractivity contribution in [3.05, 3.63) is 31.3 Å². The van der Waals surface area contributed by atoms with Gasteiger partial charge in [-0.1, -0.05) is 11.6 Å².